The van der Waals surface area contributed by atoms with E-state index in [1.54, 1.807) is 0 Å². The Labute approximate surface area is 512 Å². The summed E-state index contributed by atoms with van der Waals surface area (Å²) in [4.78, 5) is 38.5. The summed E-state index contributed by atoms with van der Waals surface area (Å²) in [6, 6.07) is 0. The topological polar surface area (TPSA) is 78.9 Å². The standard InChI is InChI=1S/C76H142O6/c1-4-7-10-13-16-19-22-25-28-30-32-34-35-36-37-38-39-40-41-43-44-46-48-51-54-57-60-63-66-69-75(78)81-72-73(71-80-74(77)68-65-62-59-56-53-50-27-24-21-18-15-12-9-6-3)82-76(79)70-67-64-61-58-55-52-49-47-45-42-33-31-29-26-23-20-17-14-11-8-5-2/h23,26,30-33,73H,4-22,24-25,27-29,34-72H2,1-3H3/b26-23-,32-30-,33-31-. The first-order chi connectivity index (χ1) is 40.5. The average molecular weight is 1150 g/mol. The van der Waals surface area contributed by atoms with Crippen molar-refractivity contribution in [1.82, 2.24) is 0 Å². The maximum atomic E-state index is 13.0. The van der Waals surface area contributed by atoms with E-state index < -0.39 is 6.10 Å². The molecule has 0 fully saturated rings. The predicted octanol–water partition coefficient (Wildman–Crippen LogP) is 25.5. The first kappa shape index (κ1) is 79.6. The van der Waals surface area contributed by atoms with E-state index in [0.29, 0.717) is 19.3 Å². The summed E-state index contributed by atoms with van der Waals surface area (Å²) in [5.41, 5.74) is 0. The minimum absolute atomic E-state index is 0.0680. The lowest BCUT2D eigenvalue weighted by Crippen LogP contribution is -2.30. The normalized spacial score (nSPS) is 12.2. The number of esters is 3. The van der Waals surface area contributed by atoms with Crippen molar-refractivity contribution in [2.75, 3.05) is 13.2 Å². The van der Waals surface area contributed by atoms with Crippen LogP contribution in [-0.2, 0) is 28.6 Å². The van der Waals surface area contributed by atoms with Gasteiger partial charge in [0, 0.05) is 19.3 Å². The lowest BCUT2D eigenvalue weighted by molar-refractivity contribution is -0.167. The van der Waals surface area contributed by atoms with Gasteiger partial charge in [-0.25, -0.2) is 0 Å². The number of hydrogen-bond acceptors (Lipinski definition) is 6. The molecule has 0 aliphatic heterocycles. The maximum Gasteiger partial charge on any atom is 0.306 e. The molecule has 6 nitrogen and oxygen atoms in total. The van der Waals surface area contributed by atoms with Crippen LogP contribution in [0.4, 0.5) is 0 Å². The van der Waals surface area contributed by atoms with Gasteiger partial charge in [0.05, 0.1) is 0 Å². The van der Waals surface area contributed by atoms with Crippen molar-refractivity contribution < 1.29 is 28.6 Å². The van der Waals surface area contributed by atoms with Gasteiger partial charge in [-0.15, -0.1) is 0 Å². The minimum Gasteiger partial charge on any atom is -0.462 e. The molecule has 0 N–H and O–H groups in total. The van der Waals surface area contributed by atoms with Gasteiger partial charge in [0.25, 0.3) is 0 Å². The summed E-state index contributed by atoms with van der Waals surface area (Å²) in [7, 11) is 0. The van der Waals surface area contributed by atoms with Crippen molar-refractivity contribution in [3.05, 3.63) is 36.5 Å². The predicted molar refractivity (Wildman–Crippen MR) is 358 cm³/mol. The number of carbonyl (C=O) groups is 3. The van der Waals surface area contributed by atoms with E-state index in [-0.39, 0.29) is 31.1 Å². The Hall–Kier alpha value is -2.37. The zero-order valence-electron chi connectivity index (χ0n) is 55.5. The number of carbonyl (C=O) groups excluding carboxylic acids is 3. The molecule has 0 spiro atoms. The molecule has 0 heterocycles. The largest absolute Gasteiger partial charge is 0.462 e. The monoisotopic (exact) mass is 1150 g/mol. The molecule has 0 aromatic heterocycles. The first-order valence-electron chi connectivity index (χ1n) is 37.0. The molecule has 1 atom stereocenters. The van der Waals surface area contributed by atoms with Crippen LogP contribution in [0.25, 0.3) is 0 Å². The van der Waals surface area contributed by atoms with Gasteiger partial charge in [-0.1, -0.05) is 353 Å². The van der Waals surface area contributed by atoms with Crippen molar-refractivity contribution in [1.29, 1.82) is 0 Å². The van der Waals surface area contributed by atoms with Crippen LogP contribution in [0.3, 0.4) is 0 Å². The quantitative estimate of drug-likeness (QED) is 0.0261. The molecule has 1 unspecified atom stereocenters. The highest BCUT2D eigenvalue weighted by molar-refractivity contribution is 5.71. The Kier molecular flexibility index (Phi) is 69.1. The van der Waals surface area contributed by atoms with E-state index in [4.69, 9.17) is 14.2 Å². The van der Waals surface area contributed by atoms with Crippen molar-refractivity contribution in [2.45, 2.75) is 419 Å². The van der Waals surface area contributed by atoms with Gasteiger partial charge in [0.2, 0.25) is 0 Å². The highest BCUT2D eigenvalue weighted by atomic mass is 16.6. The van der Waals surface area contributed by atoms with Gasteiger partial charge in [-0.2, -0.15) is 0 Å². The lowest BCUT2D eigenvalue weighted by Gasteiger charge is -2.18. The Morgan fingerprint density at radius 3 is 0.683 bits per heavy atom. The first-order valence-corrected chi connectivity index (χ1v) is 37.0. The van der Waals surface area contributed by atoms with E-state index in [2.05, 4.69) is 57.2 Å². The molecule has 6 heteroatoms. The van der Waals surface area contributed by atoms with Crippen LogP contribution in [0, 0.1) is 0 Å². The smallest absolute Gasteiger partial charge is 0.306 e. The number of hydrogen-bond donors (Lipinski definition) is 0. The van der Waals surface area contributed by atoms with Crippen molar-refractivity contribution in [2.24, 2.45) is 0 Å². The highest BCUT2D eigenvalue weighted by Crippen LogP contribution is 2.19. The Balaban J connectivity index is 4.21. The molecule has 0 aliphatic carbocycles. The van der Waals surface area contributed by atoms with Crippen LogP contribution in [0.15, 0.2) is 36.5 Å². The highest BCUT2D eigenvalue weighted by Gasteiger charge is 2.20. The molecule has 0 aromatic carbocycles. The molecule has 0 rings (SSSR count). The van der Waals surface area contributed by atoms with Crippen LogP contribution in [0.5, 0.6) is 0 Å². The van der Waals surface area contributed by atoms with E-state index in [0.717, 1.165) is 64.2 Å². The van der Waals surface area contributed by atoms with Crippen LogP contribution >= 0.6 is 0 Å². The third-order valence-electron chi connectivity index (χ3n) is 16.9. The van der Waals surface area contributed by atoms with Gasteiger partial charge in [-0.3, -0.25) is 14.4 Å². The summed E-state index contributed by atoms with van der Waals surface area (Å²) in [6.07, 6.45) is 89.0. The summed E-state index contributed by atoms with van der Waals surface area (Å²) in [5.74, 6) is -0.840. The molecule has 0 aliphatic rings. The Morgan fingerprint density at radius 1 is 0.244 bits per heavy atom. The van der Waals surface area contributed by atoms with Crippen LogP contribution < -0.4 is 0 Å². The van der Waals surface area contributed by atoms with Crippen LogP contribution in [0.1, 0.15) is 412 Å². The van der Waals surface area contributed by atoms with Crippen LogP contribution in [0.2, 0.25) is 0 Å². The zero-order chi connectivity index (χ0) is 59.2. The molecular formula is C76H142O6. The van der Waals surface area contributed by atoms with Crippen molar-refractivity contribution >= 4 is 17.9 Å². The van der Waals surface area contributed by atoms with E-state index in [1.807, 2.05) is 0 Å². The molecule has 0 saturated heterocycles. The van der Waals surface area contributed by atoms with Gasteiger partial charge in [0.1, 0.15) is 13.2 Å². The third kappa shape index (κ3) is 68.4. The molecule has 0 saturated carbocycles. The third-order valence-corrected chi connectivity index (χ3v) is 16.9. The van der Waals surface area contributed by atoms with E-state index in [1.165, 1.54) is 308 Å². The van der Waals surface area contributed by atoms with Gasteiger partial charge in [-0.05, 0) is 77.0 Å². The molecule has 82 heavy (non-hydrogen) atoms. The van der Waals surface area contributed by atoms with E-state index >= 15 is 0 Å². The Bertz CT molecular complexity index is 1370. The second kappa shape index (κ2) is 71.1. The molecule has 0 amide bonds. The maximum absolute atomic E-state index is 13.0. The molecule has 482 valence electrons. The minimum atomic E-state index is -0.772. The van der Waals surface area contributed by atoms with E-state index in [9.17, 15) is 14.4 Å². The second-order valence-corrected chi connectivity index (χ2v) is 25.2. The van der Waals surface area contributed by atoms with Crippen LogP contribution in [-0.4, -0.2) is 37.2 Å². The molecule has 0 bridgehead atoms. The summed E-state index contributed by atoms with van der Waals surface area (Å²) in [5, 5.41) is 0. The summed E-state index contributed by atoms with van der Waals surface area (Å²) in [6.45, 7) is 6.70. The fourth-order valence-corrected chi connectivity index (χ4v) is 11.3. The fraction of sp³-hybridized carbons (Fsp3) is 0.882. The molecule has 0 aromatic rings. The lowest BCUT2D eigenvalue weighted by atomic mass is 10.0. The number of ether oxygens (including phenoxy) is 3. The average Bonchev–Trinajstić information content (AvgIpc) is 3.47. The van der Waals surface area contributed by atoms with Crippen molar-refractivity contribution in [3.63, 3.8) is 0 Å². The van der Waals surface area contributed by atoms with Gasteiger partial charge in [0.15, 0.2) is 6.10 Å². The number of rotatable bonds is 69. The zero-order valence-corrected chi connectivity index (χ0v) is 55.5. The fourth-order valence-electron chi connectivity index (χ4n) is 11.3. The molecular weight excluding hydrogens is 1010 g/mol. The second-order valence-electron chi connectivity index (χ2n) is 25.2. The number of allylic oxidation sites excluding steroid dienone is 6. The SMILES string of the molecule is CCCCCCC/C=C\C/C=C\CCCCCCCCCCCC(=O)OC(COC(=O)CCCCCCCCCCCCCCCC)COC(=O)CCCCCCCCCCCCCCCCCCC/C=C\CCCCCCCCCC. The van der Waals surface area contributed by atoms with Crippen molar-refractivity contribution in [3.8, 4) is 0 Å². The van der Waals surface area contributed by atoms with Gasteiger partial charge < -0.3 is 14.2 Å². The summed E-state index contributed by atoms with van der Waals surface area (Å²) >= 11 is 0. The molecule has 0 radical (unpaired) electrons. The number of unbranched alkanes of at least 4 members (excludes halogenated alkanes) is 52. The summed E-state index contributed by atoms with van der Waals surface area (Å²) < 4.78 is 17.0. The Morgan fingerprint density at radius 2 is 0.439 bits per heavy atom. The van der Waals surface area contributed by atoms with Gasteiger partial charge >= 0.3 is 17.9 Å².